The lowest BCUT2D eigenvalue weighted by atomic mass is 10.2. The van der Waals surface area contributed by atoms with Crippen molar-refractivity contribution < 1.29 is 15.0 Å². The fourth-order valence-electron chi connectivity index (χ4n) is 0.892. The Morgan fingerprint density at radius 1 is 1.33 bits per heavy atom. The normalized spacial score (nSPS) is 10.3. The number of carbonyl (C=O) groups is 1. The van der Waals surface area contributed by atoms with Crippen molar-refractivity contribution in [3.8, 4) is 0 Å². The highest BCUT2D eigenvalue weighted by Gasteiger charge is 2.08. The highest BCUT2D eigenvalue weighted by Crippen LogP contribution is 1.94. The van der Waals surface area contributed by atoms with Gasteiger partial charge < -0.3 is 10.2 Å². The Kier molecular flexibility index (Phi) is 4.69. The lowest BCUT2D eigenvalue weighted by Gasteiger charge is -2.13. The number of nitrogens with zero attached hydrogens (tertiary/aromatic N) is 1. The molecule has 1 aromatic rings. The smallest absolute Gasteiger partial charge is 0.265 e. The van der Waals surface area contributed by atoms with Gasteiger partial charge in [-0.25, -0.2) is 5.43 Å². The van der Waals surface area contributed by atoms with Gasteiger partial charge in [-0.2, -0.15) is 0 Å². The number of carbonyl (C=O) groups excluding carboxylic acids is 1. The number of nitrogens with one attached hydrogen (secondary N) is 2. The number of aliphatic hydroxyl groups excluding tert-OH is 2. The summed E-state index contributed by atoms with van der Waals surface area (Å²) < 4.78 is 0. The van der Waals surface area contributed by atoms with Crippen molar-refractivity contribution >= 4 is 5.91 Å². The van der Waals surface area contributed by atoms with Crippen LogP contribution in [0.15, 0.2) is 24.5 Å². The summed E-state index contributed by atoms with van der Waals surface area (Å²) >= 11 is 0. The van der Waals surface area contributed by atoms with E-state index in [2.05, 4.69) is 15.8 Å². The van der Waals surface area contributed by atoms with E-state index in [0.29, 0.717) is 5.56 Å². The van der Waals surface area contributed by atoms with Crippen LogP contribution in [0.4, 0.5) is 0 Å². The average molecular weight is 211 g/mol. The Balaban J connectivity index is 2.43. The number of rotatable bonds is 5. The number of hydrogen-bond acceptors (Lipinski definition) is 5. The molecule has 1 heterocycles. The zero-order chi connectivity index (χ0) is 11.1. The summed E-state index contributed by atoms with van der Waals surface area (Å²) in [6, 6.07) is 2.56. The first-order chi connectivity index (χ1) is 7.27. The van der Waals surface area contributed by atoms with Gasteiger partial charge in [-0.05, 0) is 12.1 Å². The first-order valence-electron chi connectivity index (χ1n) is 4.45. The largest absolute Gasteiger partial charge is 0.395 e. The molecule has 0 aliphatic carbocycles. The molecule has 1 aromatic heterocycles. The molecular formula is C9H13N3O3. The van der Waals surface area contributed by atoms with Crippen molar-refractivity contribution in [3.63, 3.8) is 0 Å². The molecule has 0 saturated heterocycles. The summed E-state index contributed by atoms with van der Waals surface area (Å²) in [6.07, 6.45) is 3.01. The van der Waals surface area contributed by atoms with E-state index in [9.17, 15) is 4.79 Å². The predicted molar refractivity (Wildman–Crippen MR) is 52.8 cm³/mol. The fourth-order valence-corrected chi connectivity index (χ4v) is 0.892. The van der Waals surface area contributed by atoms with Crippen LogP contribution in [0.1, 0.15) is 10.4 Å². The van der Waals surface area contributed by atoms with E-state index >= 15 is 0 Å². The standard InChI is InChI=1S/C9H13N3O3/c13-5-8(6-14)11-12-9(15)7-1-3-10-4-2-7/h1-4,8,11,13-14H,5-6H2,(H,12,15). The second-order valence-electron chi connectivity index (χ2n) is 2.90. The van der Waals surface area contributed by atoms with Crippen LogP contribution in [-0.4, -0.2) is 40.4 Å². The molecule has 0 bridgehead atoms. The average Bonchev–Trinajstić information content (AvgIpc) is 2.31. The molecular weight excluding hydrogens is 198 g/mol. The third-order valence-corrected chi connectivity index (χ3v) is 1.77. The maximum atomic E-state index is 11.4. The summed E-state index contributed by atoms with van der Waals surface area (Å²) in [6.45, 7) is -0.514. The van der Waals surface area contributed by atoms with Crippen LogP contribution in [0.25, 0.3) is 0 Å². The lowest BCUT2D eigenvalue weighted by molar-refractivity contribution is 0.0895. The van der Waals surface area contributed by atoms with E-state index in [1.807, 2.05) is 0 Å². The first kappa shape index (κ1) is 11.6. The molecule has 1 amide bonds. The van der Waals surface area contributed by atoms with E-state index in [-0.39, 0.29) is 19.1 Å². The van der Waals surface area contributed by atoms with E-state index in [4.69, 9.17) is 10.2 Å². The summed E-state index contributed by atoms with van der Waals surface area (Å²) in [5.74, 6) is -0.343. The fraction of sp³-hybridized carbons (Fsp3) is 0.333. The van der Waals surface area contributed by atoms with Crippen molar-refractivity contribution in [1.82, 2.24) is 15.8 Å². The van der Waals surface area contributed by atoms with Crippen molar-refractivity contribution in [1.29, 1.82) is 0 Å². The Bertz CT molecular complexity index is 301. The van der Waals surface area contributed by atoms with Crippen molar-refractivity contribution in [3.05, 3.63) is 30.1 Å². The van der Waals surface area contributed by atoms with E-state index < -0.39 is 6.04 Å². The minimum atomic E-state index is -0.559. The molecule has 0 unspecified atom stereocenters. The lowest BCUT2D eigenvalue weighted by Crippen LogP contribution is -2.47. The second kappa shape index (κ2) is 6.07. The van der Waals surface area contributed by atoms with Gasteiger partial charge in [0.15, 0.2) is 0 Å². The zero-order valence-electron chi connectivity index (χ0n) is 8.05. The third-order valence-electron chi connectivity index (χ3n) is 1.77. The number of aliphatic hydroxyl groups is 2. The van der Waals surface area contributed by atoms with Gasteiger partial charge in [0, 0.05) is 18.0 Å². The Morgan fingerprint density at radius 3 is 2.47 bits per heavy atom. The maximum Gasteiger partial charge on any atom is 0.265 e. The molecule has 0 aliphatic rings. The van der Waals surface area contributed by atoms with Gasteiger partial charge in [0.2, 0.25) is 0 Å². The predicted octanol–water partition coefficient (Wildman–Crippen LogP) is -1.33. The summed E-state index contributed by atoms with van der Waals surface area (Å²) in [4.78, 5) is 15.2. The molecule has 0 aromatic carbocycles. The monoisotopic (exact) mass is 211 g/mol. The maximum absolute atomic E-state index is 11.4. The van der Waals surface area contributed by atoms with E-state index in [0.717, 1.165) is 0 Å². The highest BCUT2D eigenvalue weighted by atomic mass is 16.3. The molecule has 0 radical (unpaired) electrons. The molecule has 0 fully saturated rings. The van der Waals surface area contributed by atoms with Crippen molar-refractivity contribution in [2.45, 2.75) is 6.04 Å². The minimum Gasteiger partial charge on any atom is -0.395 e. The number of hydrazine groups is 1. The molecule has 4 N–H and O–H groups in total. The van der Waals surface area contributed by atoms with Gasteiger partial charge in [0.05, 0.1) is 19.3 Å². The van der Waals surface area contributed by atoms with Gasteiger partial charge in [-0.15, -0.1) is 0 Å². The van der Waals surface area contributed by atoms with Crippen LogP contribution in [0.5, 0.6) is 0 Å². The number of hydrogen-bond donors (Lipinski definition) is 4. The zero-order valence-corrected chi connectivity index (χ0v) is 8.05. The molecule has 0 aliphatic heterocycles. The molecule has 6 heteroatoms. The number of pyridine rings is 1. The summed E-state index contributed by atoms with van der Waals surface area (Å²) in [5, 5.41) is 17.5. The molecule has 15 heavy (non-hydrogen) atoms. The van der Waals surface area contributed by atoms with E-state index in [1.165, 1.54) is 12.4 Å². The molecule has 0 saturated carbocycles. The summed E-state index contributed by atoms with van der Waals surface area (Å²) in [7, 11) is 0. The molecule has 1 rings (SSSR count). The number of aromatic nitrogens is 1. The van der Waals surface area contributed by atoms with Gasteiger partial charge in [-0.3, -0.25) is 15.2 Å². The van der Waals surface area contributed by atoms with Crippen LogP contribution in [0, 0.1) is 0 Å². The van der Waals surface area contributed by atoms with Gasteiger partial charge >= 0.3 is 0 Å². The highest BCUT2D eigenvalue weighted by molar-refractivity contribution is 5.93. The Labute approximate surface area is 86.9 Å². The summed E-state index contributed by atoms with van der Waals surface area (Å²) in [5.41, 5.74) is 5.31. The molecule has 6 nitrogen and oxygen atoms in total. The van der Waals surface area contributed by atoms with Gasteiger partial charge in [-0.1, -0.05) is 0 Å². The number of amides is 1. The Hall–Kier alpha value is -1.50. The quantitative estimate of drug-likeness (QED) is 0.453. The van der Waals surface area contributed by atoms with Crippen molar-refractivity contribution in [2.75, 3.05) is 13.2 Å². The third kappa shape index (κ3) is 3.62. The molecule has 0 spiro atoms. The van der Waals surface area contributed by atoms with Crippen molar-refractivity contribution in [2.24, 2.45) is 0 Å². The van der Waals surface area contributed by atoms with Gasteiger partial charge in [0.25, 0.3) is 5.91 Å². The van der Waals surface area contributed by atoms with Gasteiger partial charge in [0.1, 0.15) is 0 Å². The SMILES string of the molecule is O=C(NNC(CO)CO)c1ccncc1. The second-order valence-corrected chi connectivity index (χ2v) is 2.90. The molecule has 82 valence electrons. The van der Waals surface area contributed by atoms with Crippen LogP contribution in [0.3, 0.4) is 0 Å². The molecule has 0 atom stereocenters. The van der Waals surface area contributed by atoms with E-state index in [1.54, 1.807) is 12.1 Å². The van der Waals surface area contributed by atoms with Crippen LogP contribution in [0.2, 0.25) is 0 Å². The Morgan fingerprint density at radius 2 is 1.93 bits per heavy atom. The topological polar surface area (TPSA) is 94.5 Å². The van der Waals surface area contributed by atoms with Crippen LogP contribution < -0.4 is 10.9 Å². The first-order valence-corrected chi connectivity index (χ1v) is 4.45. The van der Waals surface area contributed by atoms with Crippen LogP contribution >= 0.6 is 0 Å². The van der Waals surface area contributed by atoms with Crippen LogP contribution in [-0.2, 0) is 0 Å². The minimum absolute atomic E-state index is 0.257.